The Bertz CT molecular complexity index is 246. The summed E-state index contributed by atoms with van der Waals surface area (Å²) in [4.78, 5) is 11.5. The molecule has 0 heterocycles. The first kappa shape index (κ1) is 16.2. The fourth-order valence-electron chi connectivity index (χ4n) is 1.33. The molecule has 0 rings (SSSR count). The van der Waals surface area contributed by atoms with Gasteiger partial charge in [-0.05, 0) is 18.8 Å². The summed E-state index contributed by atoms with van der Waals surface area (Å²) in [6.45, 7) is 6.16. The molecule has 0 saturated carbocycles. The number of nitrogens with one attached hydrogen (secondary N) is 1. The van der Waals surface area contributed by atoms with Crippen molar-refractivity contribution in [3.8, 4) is 0 Å². The van der Waals surface area contributed by atoms with E-state index in [-0.39, 0.29) is 12.0 Å². The van der Waals surface area contributed by atoms with Crippen LogP contribution in [0.15, 0.2) is 0 Å². The van der Waals surface area contributed by atoms with Crippen LogP contribution in [0.3, 0.4) is 0 Å². The maximum Gasteiger partial charge on any atom is 0.401 e. The largest absolute Gasteiger partial charge is 0.465 e. The third-order valence-electron chi connectivity index (χ3n) is 1.94. The lowest BCUT2D eigenvalue weighted by molar-refractivity contribution is -0.149. The van der Waals surface area contributed by atoms with Crippen LogP contribution in [-0.4, -0.2) is 31.3 Å². The van der Waals surface area contributed by atoms with Crippen molar-refractivity contribution in [3.63, 3.8) is 0 Å². The fourth-order valence-corrected chi connectivity index (χ4v) is 1.33. The summed E-state index contributed by atoms with van der Waals surface area (Å²) >= 11 is 0. The zero-order chi connectivity index (χ0) is 13.7. The van der Waals surface area contributed by atoms with E-state index in [2.05, 4.69) is 5.32 Å². The molecule has 17 heavy (non-hydrogen) atoms. The maximum atomic E-state index is 12.1. The van der Waals surface area contributed by atoms with Gasteiger partial charge < -0.3 is 4.74 Å². The predicted octanol–water partition coefficient (Wildman–Crippen LogP) is 2.51. The highest BCUT2D eigenvalue weighted by Crippen LogP contribution is 2.22. The SMILES string of the molecule is CCOC(=O)C(CC(C)(C)C)NCC(F)(F)F. The second-order valence-electron chi connectivity index (χ2n) is 5.07. The highest BCUT2D eigenvalue weighted by molar-refractivity contribution is 5.75. The standard InChI is InChI=1S/C11H20F3NO2/c1-5-17-9(16)8(6-10(2,3)4)15-7-11(12,13)14/h8,15H,5-7H2,1-4H3. The molecule has 0 radical (unpaired) electrons. The number of halogens is 3. The quantitative estimate of drug-likeness (QED) is 0.767. The zero-order valence-electron chi connectivity index (χ0n) is 10.6. The monoisotopic (exact) mass is 255 g/mol. The van der Waals surface area contributed by atoms with E-state index in [4.69, 9.17) is 4.74 Å². The highest BCUT2D eigenvalue weighted by Gasteiger charge is 2.32. The molecule has 0 bridgehead atoms. The van der Waals surface area contributed by atoms with E-state index in [0.29, 0.717) is 6.42 Å². The molecular formula is C11H20F3NO2. The number of hydrogen-bond acceptors (Lipinski definition) is 3. The van der Waals surface area contributed by atoms with Gasteiger partial charge in [-0.3, -0.25) is 10.1 Å². The third-order valence-corrected chi connectivity index (χ3v) is 1.94. The van der Waals surface area contributed by atoms with Crippen molar-refractivity contribution < 1.29 is 22.7 Å². The van der Waals surface area contributed by atoms with Crippen LogP contribution in [0.2, 0.25) is 0 Å². The predicted molar refractivity (Wildman–Crippen MR) is 58.6 cm³/mol. The minimum absolute atomic E-state index is 0.160. The van der Waals surface area contributed by atoms with Crippen molar-refractivity contribution in [3.05, 3.63) is 0 Å². The van der Waals surface area contributed by atoms with Crippen molar-refractivity contribution in [2.75, 3.05) is 13.2 Å². The summed E-state index contributed by atoms with van der Waals surface area (Å²) in [5.41, 5.74) is -0.254. The van der Waals surface area contributed by atoms with Crippen LogP contribution in [0, 0.1) is 5.41 Å². The Morgan fingerprint density at radius 3 is 2.18 bits per heavy atom. The van der Waals surface area contributed by atoms with Crippen LogP contribution in [-0.2, 0) is 9.53 Å². The fraction of sp³-hybridized carbons (Fsp3) is 0.909. The summed E-state index contributed by atoms with van der Waals surface area (Å²) in [5.74, 6) is -0.633. The number of carbonyl (C=O) groups excluding carboxylic acids is 1. The van der Waals surface area contributed by atoms with E-state index in [0.717, 1.165) is 0 Å². The van der Waals surface area contributed by atoms with Gasteiger partial charge in [0, 0.05) is 0 Å². The summed E-state index contributed by atoms with van der Waals surface area (Å²) in [6.07, 6.45) is -4.04. The van der Waals surface area contributed by atoms with Crippen LogP contribution in [0.4, 0.5) is 13.2 Å². The lowest BCUT2D eigenvalue weighted by atomic mass is 9.88. The molecule has 6 heteroatoms. The van der Waals surface area contributed by atoms with E-state index in [1.807, 2.05) is 20.8 Å². The van der Waals surface area contributed by atoms with E-state index < -0.39 is 24.7 Å². The van der Waals surface area contributed by atoms with Crippen LogP contribution >= 0.6 is 0 Å². The Morgan fingerprint density at radius 1 is 1.29 bits per heavy atom. The van der Waals surface area contributed by atoms with Crippen molar-refractivity contribution in [1.29, 1.82) is 0 Å². The van der Waals surface area contributed by atoms with E-state index in [9.17, 15) is 18.0 Å². The molecule has 0 fully saturated rings. The van der Waals surface area contributed by atoms with Gasteiger partial charge in [-0.2, -0.15) is 13.2 Å². The number of hydrogen-bond donors (Lipinski definition) is 1. The lowest BCUT2D eigenvalue weighted by Crippen LogP contribution is -2.44. The number of carbonyl (C=O) groups is 1. The van der Waals surface area contributed by atoms with Crippen LogP contribution in [0.5, 0.6) is 0 Å². The molecule has 1 unspecified atom stereocenters. The molecule has 0 saturated heterocycles. The second kappa shape index (κ2) is 6.23. The molecule has 1 atom stereocenters. The van der Waals surface area contributed by atoms with Crippen molar-refractivity contribution >= 4 is 5.97 Å². The van der Waals surface area contributed by atoms with E-state index in [1.54, 1.807) is 6.92 Å². The van der Waals surface area contributed by atoms with Crippen molar-refractivity contribution in [1.82, 2.24) is 5.32 Å². The molecule has 0 spiro atoms. The van der Waals surface area contributed by atoms with E-state index in [1.165, 1.54) is 0 Å². The highest BCUT2D eigenvalue weighted by atomic mass is 19.4. The van der Waals surface area contributed by atoms with Crippen LogP contribution in [0.25, 0.3) is 0 Å². The maximum absolute atomic E-state index is 12.1. The molecule has 3 nitrogen and oxygen atoms in total. The molecule has 0 aliphatic carbocycles. The first-order valence-electron chi connectivity index (χ1n) is 5.52. The zero-order valence-corrected chi connectivity index (χ0v) is 10.6. The summed E-state index contributed by atoms with van der Waals surface area (Å²) in [7, 11) is 0. The molecular weight excluding hydrogens is 235 g/mol. The third kappa shape index (κ3) is 8.97. The topological polar surface area (TPSA) is 38.3 Å². The van der Waals surface area contributed by atoms with Gasteiger partial charge in [0.15, 0.2) is 0 Å². The Labute approximate surface area is 99.7 Å². The molecule has 102 valence electrons. The van der Waals surface area contributed by atoms with Gasteiger partial charge >= 0.3 is 12.1 Å². The first-order valence-corrected chi connectivity index (χ1v) is 5.52. The van der Waals surface area contributed by atoms with Gasteiger partial charge in [0.05, 0.1) is 13.2 Å². The van der Waals surface area contributed by atoms with E-state index >= 15 is 0 Å². The number of rotatable bonds is 5. The smallest absolute Gasteiger partial charge is 0.401 e. The van der Waals surface area contributed by atoms with Gasteiger partial charge in [0.1, 0.15) is 6.04 Å². The lowest BCUT2D eigenvalue weighted by Gasteiger charge is -2.25. The molecule has 0 aromatic carbocycles. The average molecular weight is 255 g/mol. The number of esters is 1. The molecule has 0 amide bonds. The summed E-state index contributed by atoms with van der Waals surface area (Å²) in [6, 6.07) is -0.920. The Kier molecular flexibility index (Phi) is 5.95. The Balaban J connectivity index is 4.46. The van der Waals surface area contributed by atoms with Gasteiger partial charge in [-0.1, -0.05) is 20.8 Å². The minimum atomic E-state index is -4.33. The molecule has 0 aromatic heterocycles. The molecule has 0 aliphatic rings. The molecule has 0 aromatic rings. The first-order chi connectivity index (χ1) is 7.55. The van der Waals surface area contributed by atoms with Crippen molar-refractivity contribution in [2.24, 2.45) is 5.41 Å². The van der Waals surface area contributed by atoms with Crippen LogP contribution in [0.1, 0.15) is 34.1 Å². The molecule has 1 N–H and O–H groups in total. The van der Waals surface area contributed by atoms with Gasteiger partial charge in [0.25, 0.3) is 0 Å². The summed E-state index contributed by atoms with van der Waals surface area (Å²) in [5, 5.41) is 2.20. The average Bonchev–Trinajstić information content (AvgIpc) is 2.09. The van der Waals surface area contributed by atoms with Gasteiger partial charge in [-0.15, -0.1) is 0 Å². The normalized spacial score (nSPS) is 14.5. The second-order valence-corrected chi connectivity index (χ2v) is 5.07. The number of alkyl halides is 3. The van der Waals surface area contributed by atoms with Gasteiger partial charge in [-0.25, -0.2) is 0 Å². The minimum Gasteiger partial charge on any atom is -0.465 e. The van der Waals surface area contributed by atoms with Crippen molar-refractivity contribution in [2.45, 2.75) is 46.3 Å². The summed E-state index contributed by atoms with van der Waals surface area (Å²) < 4.78 is 41.0. The van der Waals surface area contributed by atoms with Crippen LogP contribution < -0.4 is 5.32 Å². The Morgan fingerprint density at radius 2 is 1.82 bits per heavy atom. The number of ether oxygens (including phenoxy) is 1. The Hall–Kier alpha value is -0.780. The van der Waals surface area contributed by atoms with Gasteiger partial charge in [0.2, 0.25) is 0 Å². The molecule has 0 aliphatic heterocycles.